The Kier molecular flexibility index (Phi) is 7.31. The van der Waals surface area contributed by atoms with Gasteiger partial charge < -0.3 is 14.6 Å². The molecule has 1 aromatic heterocycles. The molecule has 2 aliphatic rings. The van der Waals surface area contributed by atoms with Crippen LogP contribution in [0.1, 0.15) is 31.4 Å². The summed E-state index contributed by atoms with van der Waals surface area (Å²) in [6.45, 7) is 3.01. The van der Waals surface area contributed by atoms with E-state index in [1.165, 1.54) is 37.8 Å². The zero-order valence-corrected chi connectivity index (χ0v) is 18.6. The summed E-state index contributed by atoms with van der Waals surface area (Å²) in [7, 11) is 1.85. The van der Waals surface area contributed by atoms with Gasteiger partial charge in [0, 0.05) is 38.7 Å². The molecule has 152 valence electrons. The summed E-state index contributed by atoms with van der Waals surface area (Å²) >= 11 is 0. The van der Waals surface area contributed by atoms with Gasteiger partial charge in [0.05, 0.1) is 5.69 Å². The number of aromatic nitrogens is 1. The quantitative estimate of drug-likeness (QED) is 0.387. The zero-order valence-electron chi connectivity index (χ0n) is 16.2. The van der Waals surface area contributed by atoms with Gasteiger partial charge in [0.25, 0.3) is 0 Å². The zero-order chi connectivity index (χ0) is 18.6. The first kappa shape index (κ1) is 21.1. The first-order chi connectivity index (χ1) is 13.2. The normalized spacial score (nSPS) is 21.9. The summed E-state index contributed by atoms with van der Waals surface area (Å²) in [5, 5.41) is 3.47. The Hall–Kier alpha value is -1.64. The number of nitrogens with zero attached hydrogens (tertiary/aromatic N) is 3. The van der Waals surface area contributed by atoms with Crippen molar-refractivity contribution in [2.75, 3.05) is 26.7 Å². The van der Waals surface area contributed by atoms with Crippen LogP contribution in [0.25, 0.3) is 11.5 Å². The van der Waals surface area contributed by atoms with Crippen LogP contribution in [0, 0.1) is 17.7 Å². The van der Waals surface area contributed by atoms with Crippen molar-refractivity contribution in [1.82, 2.24) is 15.2 Å². The Morgan fingerprint density at radius 3 is 2.54 bits per heavy atom. The Labute approximate surface area is 182 Å². The summed E-state index contributed by atoms with van der Waals surface area (Å²) < 4.78 is 18.6. The number of nitrogens with one attached hydrogen (secondary N) is 1. The van der Waals surface area contributed by atoms with Gasteiger partial charge in [-0.1, -0.05) is 12.8 Å². The average Bonchev–Trinajstić information content (AvgIpc) is 3.33. The number of fused-ring (bicyclic) bond motifs is 1. The number of likely N-dealkylation sites (tertiary alicyclic amines) is 1. The van der Waals surface area contributed by atoms with Crippen molar-refractivity contribution in [2.45, 2.75) is 32.1 Å². The molecule has 28 heavy (non-hydrogen) atoms. The number of hydrogen-bond acceptors (Lipinski definition) is 3. The predicted octanol–water partition coefficient (Wildman–Crippen LogP) is 4.34. The van der Waals surface area contributed by atoms with Gasteiger partial charge in [0.15, 0.2) is 5.96 Å². The predicted molar refractivity (Wildman–Crippen MR) is 119 cm³/mol. The first-order valence-corrected chi connectivity index (χ1v) is 9.89. The van der Waals surface area contributed by atoms with Crippen molar-refractivity contribution in [3.05, 3.63) is 42.0 Å². The first-order valence-electron chi connectivity index (χ1n) is 9.89. The van der Waals surface area contributed by atoms with Crippen molar-refractivity contribution in [2.24, 2.45) is 16.8 Å². The summed E-state index contributed by atoms with van der Waals surface area (Å²) in [4.78, 5) is 11.4. The molecule has 0 radical (unpaired) electrons. The Bertz CT molecular complexity index is 778. The molecule has 1 aromatic carbocycles. The van der Waals surface area contributed by atoms with Gasteiger partial charge >= 0.3 is 0 Å². The van der Waals surface area contributed by atoms with Crippen LogP contribution in [0.4, 0.5) is 4.39 Å². The van der Waals surface area contributed by atoms with E-state index in [0.717, 1.165) is 55.1 Å². The highest BCUT2D eigenvalue weighted by Crippen LogP contribution is 2.35. The molecule has 0 amide bonds. The van der Waals surface area contributed by atoms with Gasteiger partial charge in [0.1, 0.15) is 12.1 Å². The molecule has 2 unspecified atom stereocenters. The largest absolute Gasteiger partial charge is 0.444 e. The van der Waals surface area contributed by atoms with Crippen molar-refractivity contribution in [3.8, 4) is 11.5 Å². The molecular formula is C21H28FIN4O. The Morgan fingerprint density at radius 2 is 1.89 bits per heavy atom. The third-order valence-corrected chi connectivity index (χ3v) is 5.79. The van der Waals surface area contributed by atoms with Crippen molar-refractivity contribution < 1.29 is 8.81 Å². The fourth-order valence-corrected chi connectivity index (χ4v) is 4.36. The molecule has 2 aromatic rings. The number of guanidine groups is 1. The van der Waals surface area contributed by atoms with Gasteiger partial charge in [-0.25, -0.2) is 9.37 Å². The molecular weight excluding hydrogens is 470 g/mol. The summed E-state index contributed by atoms with van der Waals surface area (Å²) in [6.07, 6.45) is 7.91. The molecule has 1 saturated carbocycles. The topological polar surface area (TPSA) is 53.7 Å². The van der Waals surface area contributed by atoms with E-state index in [0.29, 0.717) is 5.89 Å². The van der Waals surface area contributed by atoms with E-state index in [1.54, 1.807) is 18.4 Å². The van der Waals surface area contributed by atoms with Crippen LogP contribution in [0.5, 0.6) is 0 Å². The maximum Gasteiger partial charge on any atom is 0.226 e. The molecule has 1 saturated heterocycles. The van der Waals surface area contributed by atoms with E-state index in [4.69, 9.17) is 4.42 Å². The van der Waals surface area contributed by atoms with Gasteiger partial charge in [0.2, 0.25) is 5.89 Å². The van der Waals surface area contributed by atoms with Gasteiger partial charge in [-0.2, -0.15) is 0 Å². The minimum atomic E-state index is -0.261. The minimum absolute atomic E-state index is 0. The smallest absolute Gasteiger partial charge is 0.226 e. The fourth-order valence-electron chi connectivity index (χ4n) is 4.36. The third-order valence-electron chi connectivity index (χ3n) is 5.79. The number of oxazole rings is 1. The highest BCUT2D eigenvalue weighted by atomic mass is 127. The van der Waals surface area contributed by atoms with E-state index in [9.17, 15) is 4.39 Å². The maximum absolute atomic E-state index is 13.0. The molecule has 0 spiro atoms. The van der Waals surface area contributed by atoms with Crippen LogP contribution >= 0.6 is 24.0 Å². The lowest BCUT2D eigenvalue weighted by Gasteiger charge is -2.22. The molecule has 5 nitrogen and oxygen atoms in total. The van der Waals surface area contributed by atoms with Crippen LogP contribution < -0.4 is 5.32 Å². The number of rotatable bonds is 4. The number of aliphatic imine (C=N–C) groups is 1. The van der Waals surface area contributed by atoms with Crippen LogP contribution in [0.15, 0.2) is 39.9 Å². The molecule has 4 rings (SSSR count). The standard InChI is InChI=1S/C21H27FN4O.HI/c1-23-21(26-12-16-4-2-3-5-17(16)13-26)24-11-10-19-14-27-20(25-19)15-6-8-18(22)9-7-15;/h6-9,14,16-17H,2-5,10-13H2,1H3,(H,23,24);1H. The highest BCUT2D eigenvalue weighted by Gasteiger charge is 2.35. The van der Waals surface area contributed by atoms with E-state index in [-0.39, 0.29) is 29.8 Å². The van der Waals surface area contributed by atoms with Crippen LogP contribution in [-0.2, 0) is 6.42 Å². The second-order valence-electron chi connectivity index (χ2n) is 7.58. The van der Waals surface area contributed by atoms with Crippen LogP contribution in [0.3, 0.4) is 0 Å². The van der Waals surface area contributed by atoms with Crippen LogP contribution in [0.2, 0.25) is 0 Å². The summed E-state index contributed by atoms with van der Waals surface area (Å²) in [5.41, 5.74) is 1.67. The highest BCUT2D eigenvalue weighted by molar-refractivity contribution is 14.0. The van der Waals surface area contributed by atoms with Gasteiger partial charge in [-0.3, -0.25) is 4.99 Å². The number of halogens is 2. The average molecular weight is 498 g/mol. The van der Waals surface area contributed by atoms with E-state index in [1.807, 2.05) is 7.05 Å². The minimum Gasteiger partial charge on any atom is -0.444 e. The van der Waals surface area contributed by atoms with Crippen LogP contribution in [-0.4, -0.2) is 42.5 Å². The molecule has 2 fully saturated rings. The van der Waals surface area contributed by atoms with E-state index >= 15 is 0 Å². The second kappa shape index (κ2) is 9.71. The van der Waals surface area contributed by atoms with E-state index in [2.05, 4.69) is 20.2 Å². The summed E-state index contributed by atoms with van der Waals surface area (Å²) in [6, 6.07) is 6.19. The lowest BCUT2D eigenvalue weighted by atomic mass is 9.82. The monoisotopic (exact) mass is 498 g/mol. The van der Waals surface area contributed by atoms with Gasteiger partial charge in [-0.05, 0) is 48.9 Å². The number of hydrogen-bond donors (Lipinski definition) is 1. The summed E-state index contributed by atoms with van der Waals surface area (Å²) in [5.74, 6) is 2.93. The Morgan fingerprint density at radius 1 is 1.21 bits per heavy atom. The lowest BCUT2D eigenvalue weighted by molar-refractivity contribution is 0.299. The van der Waals surface area contributed by atoms with Gasteiger partial charge in [-0.15, -0.1) is 24.0 Å². The van der Waals surface area contributed by atoms with E-state index < -0.39 is 0 Å². The third kappa shape index (κ3) is 4.85. The van der Waals surface area contributed by atoms with Crippen molar-refractivity contribution >= 4 is 29.9 Å². The SMILES string of the molecule is CN=C(NCCc1coc(-c2ccc(F)cc2)n1)N1CC2CCCCC2C1.I. The Balaban J connectivity index is 0.00000225. The van der Waals surface area contributed by atoms with Crippen molar-refractivity contribution in [1.29, 1.82) is 0 Å². The molecule has 1 N–H and O–H groups in total. The number of benzene rings is 1. The molecule has 2 atom stereocenters. The fraction of sp³-hybridized carbons (Fsp3) is 0.524. The second-order valence-corrected chi connectivity index (χ2v) is 7.58. The van der Waals surface area contributed by atoms with Crippen molar-refractivity contribution in [3.63, 3.8) is 0 Å². The molecule has 1 aliphatic carbocycles. The lowest BCUT2D eigenvalue weighted by Crippen LogP contribution is -2.41. The molecule has 1 aliphatic heterocycles. The molecule has 7 heteroatoms. The molecule has 0 bridgehead atoms. The molecule has 2 heterocycles. The maximum atomic E-state index is 13.0.